The van der Waals surface area contributed by atoms with Crippen molar-refractivity contribution in [2.45, 2.75) is 45.5 Å². The summed E-state index contributed by atoms with van der Waals surface area (Å²) in [5.74, 6) is 0. The molecule has 2 unspecified atom stereocenters. The Balaban J connectivity index is 3.58. The maximum absolute atomic E-state index is 9.61. The summed E-state index contributed by atoms with van der Waals surface area (Å²) >= 11 is 0. The van der Waals surface area contributed by atoms with Crippen molar-refractivity contribution in [2.75, 3.05) is 13.2 Å². The van der Waals surface area contributed by atoms with Gasteiger partial charge < -0.3 is 14.6 Å². The lowest BCUT2D eigenvalue weighted by Gasteiger charge is -2.21. The maximum atomic E-state index is 9.61. The highest BCUT2D eigenvalue weighted by molar-refractivity contribution is 4.84. The zero-order valence-corrected chi connectivity index (χ0v) is 9.12. The van der Waals surface area contributed by atoms with Gasteiger partial charge in [-0.1, -0.05) is 0 Å². The molecule has 0 aliphatic heterocycles. The van der Waals surface area contributed by atoms with Crippen LogP contribution in [0.2, 0.25) is 0 Å². The molecule has 4 heteroatoms. The Morgan fingerprint density at radius 1 is 1.50 bits per heavy atom. The van der Waals surface area contributed by atoms with Crippen LogP contribution in [0.1, 0.15) is 33.6 Å². The topological polar surface area (TPSA) is 62.5 Å². The van der Waals surface area contributed by atoms with Gasteiger partial charge in [0.05, 0.1) is 24.7 Å². The van der Waals surface area contributed by atoms with Crippen molar-refractivity contribution in [1.29, 1.82) is 5.26 Å². The van der Waals surface area contributed by atoms with Crippen molar-refractivity contribution >= 4 is 0 Å². The zero-order valence-electron chi connectivity index (χ0n) is 9.12. The van der Waals surface area contributed by atoms with E-state index in [1.165, 1.54) is 0 Å². The van der Waals surface area contributed by atoms with Gasteiger partial charge in [-0.3, -0.25) is 0 Å². The molecular weight excluding hydrogens is 182 g/mol. The van der Waals surface area contributed by atoms with Gasteiger partial charge in [0.25, 0.3) is 0 Å². The van der Waals surface area contributed by atoms with Gasteiger partial charge >= 0.3 is 0 Å². The summed E-state index contributed by atoms with van der Waals surface area (Å²) in [4.78, 5) is 0. The third kappa shape index (κ3) is 6.84. The van der Waals surface area contributed by atoms with Crippen LogP contribution in [-0.2, 0) is 9.47 Å². The average molecular weight is 201 g/mol. The molecule has 0 radical (unpaired) electrons. The lowest BCUT2D eigenvalue weighted by atomic mass is 10.00. The van der Waals surface area contributed by atoms with E-state index in [0.717, 1.165) is 0 Å². The molecule has 0 aliphatic rings. The molecule has 0 fully saturated rings. The lowest BCUT2D eigenvalue weighted by Crippen LogP contribution is -2.26. The Labute approximate surface area is 85.4 Å². The molecule has 0 rings (SSSR count). The highest BCUT2D eigenvalue weighted by Crippen LogP contribution is 2.13. The molecule has 0 aromatic rings. The first kappa shape index (κ1) is 13.4. The highest BCUT2D eigenvalue weighted by atomic mass is 16.7. The second-order valence-electron chi connectivity index (χ2n) is 3.48. The fraction of sp³-hybridized carbons (Fsp3) is 0.900. The van der Waals surface area contributed by atoms with Crippen molar-refractivity contribution in [3.05, 3.63) is 0 Å². The second kappa shape index (κ2) is 6.77. The Kier molecular flexibility index (Phi) is 6.46. The van der Waals surface area contributed by atoms with Crippen LogP contribution in [0.4, 0.5) is 0 Å². The van der Waals surface area contributed by atoms with E-state index in [0.29, 0.717) is 19.6 Å². The minimum absolute atomic E-state index is 0.124. The van der Waals surface area contributed by atoms with Crippen molar-refractivity contribution < 1.29 is 14.6 Å². The number of nitrogens with zero attached hydrogens (tertiary/aromatic N) is 1. The third-order valence-electron chi connectivity index (χ3n) is 1.85. The van der Waals surface area contributed by atoms with E-state index in [-0.39, 0.29) is 12.7 Å². The van der Waals surface area contributed by atoms with Crippen LogP contribution in [0.15, 0.2) is 0 Å². The summed E-state index contributed by atoms with van der Waals surface area (Å²) < 4.78 is 10.4. The first-order valence-corrected chi connectivity index (χ1v) is 4.84. The number of ether oxygens (including phenoxy) is 2. The standard InChI is InChI=1S/C10H19NO3/c1-4-13-9(2)14-8-6-10(3,12)5-7-11/h9,12H,4-6,8H2,1-3H3. The molecule has 0 aromatic heterocycles. The zero-order chi connectivity index (χ0) is 11.0. The van der Waals surface area contributed by atoms with E-state index in [1.54, 1.807) is 6.92 Å². The van der Waals surface area contributed by atoms with Crippen LogP contribution < -0.4 is 0 Å². The number of nitriles is 1. The Bertz CT molecular complexity index is 186. The summed E-state index contributed by atoms with van der Waals surface area (Å²) in [7, 11) is 0. The summed E-state index contributed by atoms with van der Waals surface area (Å²) in [6.07, 6.45) is 0.315. The van der Waals surface area contributed by atoms with Gasteiger partial charge in [-0.25, -0.2) is 0 Å². The van der Waals surface area contributed by atoms with Gasteiger partial charge in [0.1, 0.15) is 0 Å². The molecular formula is C10H19NO3. The van der Waals surface area contributed by atoms with Gasteiger partial charge in [0.2, 0.25) is 0 Å². The molecule has 0 amide bonds. The third-order valence-corrected chi connectivity index (χ3v) is 1.85. The van der Waals surface area contributed by atoms with Gasteiger partial charge in [-0.2, -0.15) is 5.26 Å². The van der Waals surface area contributed by atoms with Crippen molar-refractivity contribution in [3.63, 3.8) is 0 Å². The first-order chi connectivity index (χ1) is 6.52. The van der Waals surface area contributed by atoms with E-state index in [9.17, 15) is 5.11 Å². The van der Waals surface area contributed by atoms with E-state index in [2.05, 4.69) is 0 Å². The molecule has 0 saturated carbocycles. The molecule has 0 spiro atoms. The van der Waals surface area contributed by atoms with Crippen molar-refractivity contribution in [2.24, 2.45) is 0 Å². The normalized spacial score (nSPS) is 17.1. The number of hydrogen-bond donors (Lipinski definition) is 1. The van der Waals surface area contributed by atoms with Crippen LogP contribution >= 0.6 is 0 Å². The van der Waals surface area contributed by atoms with E-state index in [1.807, 2.05) is 19.9 Å². The summed E-state index contributed by atoms with van der Waals surface area (Å²) in [6.45, 7) is 6.34. The van der Waals surface area contributed by atoms with Crippen LogP contribution in [0.5, 0.6) is 0 Å². The van der Waals surface area contributed by atoms with E-state index >= 15 is 0 Å². The Morgan fingerprint density at radius 3 is 2.64 bits per heavy atom. The molecule has 0 bridgehead atoms. The molecule has 0 saturated heterocycles. The van der Waals surface area contributed by atoms with Crippen LogP contribution in [0.3, 0.4) is 0 Å². The van der Waals surface area contributed by atoms with Crippen LogP contribution in [-0.4, -0.2) is 30.2 Å². The Hall–Kier alpha value is -0.630. The monoisotopic (exact) mass is 201 g/mol. The average Bonchev–Trinajstić information content (AvgIpc) is 2.03. The maximum Gasteiger partial charge on any atom is 0.154 e. The number of rotatable bonds is 7. The molecule has 1 N–H and O–H groups in total. The molecule has 0 aromatic carbocycles. The lowest BCUT2D eigenvalue weighted by molar-refractivity contribution is -0.135. The van der Waals surface area contributed by atoms with Crippen LogP contribution in [0.25, 0.3) is 0 Å². The fourth-order valence-corrected chi connectivity index (χ4v) is 0.986. The minimum atomic E-state index is -0.958. The Morgan fingerprint density at radius 2 is 2.14 bits per heavy atom. The minimum Gasteiger partial charge on any atom is -0.389 e. The molecule has 2 atom stereocenters. The quantitative estimate of drug-likeness (QED) is 0.633. The highest BCUT2D eigenvalue weighted by Gasteiger charge is 2.19. The predicted octanol–water partition coefficient (Wildman–Crippen LogP) is 1.44. The van der Waals surface area contributed by atoms with Crippen molar-refractivity contribution in [1.82, 2.24) is 0 Å². The fourth-order valence-electron chi connectivity index (χ4n) is 0.986. The second-order valence-corrected chi connectivity index (χ2v) is 3.48. The largest absolute Gasteiger partial charge is 0.389 e. The van der Waals surface area contributed by atoms with Gasteiger partial charge in [0.15, 0.2) is 6.29 Å². The summed E-state index contributed by atoms with van der Waals surface area (Å²) in [5, 5.41) is 18.0. The predicted molar refractivity (Wildman–Crippen MR) is 52.5 cm³/mol. The summed E-state index contributed by atoms with van der Waals surface area (Å²) in [5.41, 5.74) is -0.958. The molecule has 14 heavy (non-hydrogen) atoms. The molecule has 4 nitrogen and oxygen atoms in total. The number of hydrogen-bond acceptors (Lipinski definition) is 4. The van der Waals surface area contributed by atoms with Gasteiger partial charge in [-0.05, 0) is 20.8 Å². The molecule has 0 heterocycles. The van der Waals surface area contributed by atoms with E-state index in [4.69, 9.17) is 14.7 Å². The van der Waals surface area contributed by atoms with E-state index < -0.39 is 5.60 Å². The van der Waals surface area contributed by atoms with Crippen LogP contribution in [0, 0.1) is 11.3 Å². The first-order valence-electron chi connectivity index (χ1n) is 4.84. The summed E-state index contributed by atoms with van der Waals surface area (Å²) in [6, 6.07) is 1.93. The molecule has 82 valence electrons. The SMILES string of the molecule is CCOC(C)OCCC(C)(O)CC#N. The van der Waals surface area contributed by atoms with Crippen molar-refractivity contribution in [3.8, 4) is 6.07 Å². The van der Waals surface area contributed by atoms with Gasteiger partial charge in [0, 0.05) is 13.0 Å². The smallest absolute Gasteiger partial charge is 0.154 e. The van der Waals surface area contributed by atoms with Gasteiger partial charge in [-0.15, -0.1) is 0 Å². The number of aliphatic hydroxyl groups is 1. The molecule has 0 aliphatic carbocycles.